The van der Waals surface area contributed by atoms with Gasteiger partial charge in [0.05, 0.1) is 16.5 Å². The molecular formula is C14H16N2O6S. The molecule has 2 heterocycles. The Bertz CT molecular complexity index is 761. The molecule has 1 atom stereocenters. The van der Waals surface area contributed by atoms with Crippen LogP contribution < -0.4 is 10.1 Å². The van der Waals surface area contributed by atoms with Gasteiger partial charge in [0.25, 0.3) is 5.91 Å². The number of piperidine rings is 1. The standard InChI is InChI=1S/C14H16N2O6S/c17-13-8-22-12-4-3-10(6-11(12)15-13)23(20,21)16-5-1-2-9(7-16)14(18)19/h3-4,6,9H,1-2,5,7-8H2,(H,15,17)(H,18,19)/t9-/m0/s1. The van der Waals surface area contributed by atoms with Crippen molar-refractivity contribution in [3.05, 3.63) is 18.2 Å². The quantitative estimate of drug-likeness (QED) is 0.828. The first-order valence-electron chi connectivity index (χ1n) is 7.17. The minimum absolute atomic E-state index is 0.00749. The molecule has 0 aliphatic carbocycles. The van der Waals surface area contributed by atoms with Gasteiger partial charge < -0.3 is 15.2 Å². The maximum atomic E-state index is 12.7. The molecule has 8 nitrogen and oxygen atoms in total. The summed E-state index contributed by atoms with van der Waals surface area (Å²) in [6.45, 7) is 0.134. The monoisotopic (exact) mass is 340 g/mol. The van der Waals surface area contributed by atoms with Gasteiger partial charge in [-0.15, -0.1) is 0 Å². The highest BCUT2D eigenvalue weighted by Crippen LogP contribution is 2.32. The fraction of sp³-hybridized carbons (Fsp3) is 0.429. The SMILES string of the molecule is O=C1COc2ccc(S(=O)(=O)N3CCC[C@H](C(=O)O)C3)cc2N1. The van der Waals surface area contributed by atoms with Crippen LogP contribution in [0, 0.1) is 5.92 Å². The van der Waals surface area contributed by atoms with Crippen LogP contribution in [0.4, 0.5) is 5.69 Å². The number of carboxylic acids is 1. The fourth-order valence-corrected chi connectivity index (χ4v) is 4.28. The molecule has 1 aromatic rings. The maximum Gasteiger partial charge on any atom is 0.307 e. The number of anilines is 1. The number of benzene rings is 1. The average molecular weight is 340 g/mol. The summed E-state index contributed by atoms with van der Waals surface area (Å²) in [6.07, 6.45) is 0.969. The second-order valence-corrected chi connectivity index (χ2v) is 7.47. The third kappa shape index (κ3) is 3.02. The van der Waals surface area contributed by atoms with E-state index in [1.165, 1.54) is 22.5 Å². The molecule has 2 aliphatic rings. The van der Waals surface area contributed by atoms with Crippen LogP contribution in [-0.4, -0.2) is 49.4 Å². The molecule has 0 aromatic heterocycles. The summed E-state index contributed by atoms with van der Waals surface area (Å²) < 4.78 is 31.8. The number of carbonyl (C=O) groups is 2. The highest BCUT2D eigenvalue weighted by molar-refractivity contribution is 7.89. The summed E-state index contributed by atoms with van der Waals surface area (Å²) >= 11 is 0. The summed E-state index contributed by atoms with van der Waals surface area (Å²) in [5.74, 6) is -1.63. The van der Waals surface area contributed by atoms with Gasteiger partial charge in [-0.3, -0.25) is 9.59 Å². The predicted molar refractivity (Wildman–Crippen MR) is 79.7 cm³/mol. The van der Waals surface area contributed by atoms with Crippen LogP contribution in [0.2, 0.25) is 0 Å². The molecule has 1 amide bonds. The number of aliphatic carboxylic acids is 1. The van der Waals surface area contributed by atoms with Gasteiger partial charge in [0, 0.05) is 13.1 Å². The topological polar surface area (TPSA) is 113 Å². The number of amides is 1. The summed E-state index contributed by atoms with van der Waals surface area (Å²) in [6, 6.07) is 4.22. The van der Waals surface area contributed by atoms with E-state index in [-0.39, 0.29) is 30.5 Å². The smallest absolute Gasteiger partial charge is 0.307 e. The van der Waals surface area contributed by atoms with Crippen molar-refractivity contribution in [2.24, 2.45) is 5.92 Å². The number of nitrogens with one attached hydrogen (secondary N) is 1. The van der Waals surface area contributed by atoms with Crippen LogP contribution in [0.15, 0.2) is 23.1 Å². The average Bonchev–Trinajstić information content (AvgIpc) is 2.54. The molecule has 23 heavy (non-hydrogen) atoms. The van der Waals surface area contributed by atoms with Gasteiger partial charge in [0.15, 0.2) is 6.61 Å². The van der Waals surface area contributed by atoms with Crippen molar-refractivity contribution in [2.75, 3.05) is 25.0 Å². The molecule has 0 radical (unpaired) electrons. The Morgan fingerprint density at radius 2 is 2.17 bits per heavy atom. The number of sulfonamides is 1. The molecule has 1 aromatic carbocycles. The van der Waals surface area contributed by atoms with E-state index in [0.717, 1.165) is 0 Å². The van der Waals surface area contributed by atoms with Crippen LogP contribution in [0.25, 0.3) is 0 Å². The van der Waals surface area contributed by atoms with E-state index in [9.17, 15) is 18.0 Å². The van der Waals surface area contributed by atoms with E-state index in [2.05, 4.69) is 5.32 Å². The summed E-state index contributed by atoms with van der Waals surface area (Å²) in [5.41, 5.74) is 0.300. The Kier molecular flexibility index (Phi) is 3.99. The number of carboxylic acid groups (broad SMARTS) is 1. The minimum atomic E-state index is -3.82. The van der Waals surface area contributed by atoms with E-state index in [0.29, 0.717) is 24.3 Å². The highest BCUT2D eigenvalue weighted by Gasteiger charge is 2.33. The molecule has 0 saturated carbocycles. The lowest BCUT2D eigenvalue weighted by Gasteiger charge is -2.30. The molecule has 0 bridgehead atoms. The lowest BCUT2D eigenvalue weighted by atomic mass is 10.0. The third-order valence-electron chi connectivity index (χ3n) is 3.96. The third-order valence-corrected chi connectivity index (χ3v) is 5.82. The van der Waals surface area contributed by atoms with Crippen molar-refractivity contribution in [3.8, 4) is 5.75 Å². The summed E-state index contributed by atoms with van der Waals surface area (Å²) in [5, 5.41) is 11.7. The molecule has 2 aliphatic heterocycles. The van der Waals surface area contributed by atoms with E-state index in [4.69, 9.17) is 9.84 Å². The highest BCUT2D eigenvalue weighted by atomic mass is 32.2. The predicted octanol–water partition coefficient (Wildman–Crippen LogP) is 0.503. The van der Waals surface area contributed by atoms with Gasteiger partial charge in [-0.05, 0) is 31.0 Å². The maximum absolute atomic E-state index is 12.7. The Labute approximate surface area is 133 Å². The molecule has 9 heteroatoms. The lowest BCUT2D eigenvalue weighted by molar-refractivity contribution is -0.142. The molecule has 1 fully saturated rings. The molecule has 0 unspecified atom stereocenters. The van der Waals surface area contributed by atoms with Crippen molar-refractivity contribution < 1.29 is 27.9 Å². The number of fused-ring (bicyclic) bond motifs is 1. The van der Waals surface area contributed by atoms with Gasteiger partial charge in [-0.2, -0.15) is 4.31 Å². The second kappa shape index (κ2) is 5.82. The van der Waals surface area contributed by atoms with Crippen LogP contribution >= 0.6 is 0 Å². The van der Waals surface area contributed by atoms with Crippen LogP contribution in [0.3, 0.4) is 0 Å². The molecule has 1 saturated heterocycles. The van der Waals surface area contributed by atoms with Gasteiger partial charge in [-0.25, -0.2) is 8.42 Å². The van der Waals surface area contributed by atoms with Crippen LogP contribution in [0.1, 0.15) is 12.8 Å². The number of carbonyl (C=O) groups excluding carboxylic acids is 1. The number of ether oxygens (including phenoxy) is 1. The molecular weight excluding hydrogens is 324 g/mol. The zero-order valence-electron chi connectivity index (χ0n) is 12.2. The van der Waals surface area contributed by atoms with Crippen molar-refractivity contribution in [3.63, 3.8) is 0 Å². The molecule has 2 N–H and O–H groups in total. The van der Waals surface area contributed by atoms with Gasteiger partial charge in [0.2, 0.25) is 10.0 Å². The van der Waals surface area contributed by atoms with Crippen LogP contribution in [-0.2, 0) is 19.6 Å². The Hall–Kier alpha value is -2.13. The Balaban J connectivity index is 1.89. The van der Waals surface area contributed by atoms with Gasteiger partial charge >= 0.3 is 5.97 Å². The fourth-order valence-electron chi connectivity index (χ4n) is 2.73. The summed E-state index contributed by atoms with van der Waals surface area (Å²) in [4.78, 5) is 22.5. The van der Waals surface area contributed by atoms with E-state index in [1.807, 2.05) is 0 Å². The number of nitrogens with zero attached hydrogens (tertiary/aromatic N) is 1. The zero-order chi connectivity index (χ0) is 16.6. The molecule has 0 spiro atoms. The van der Waals surface area contributed by atoms with E-state index in [1.54, 1.807) is 0 Å². The Morgan fingerprint density at radius 3 is 2.91 bits per heavy atom. The van der Waals surface area contributed by atoms with Crippen molar-refractivity contribution in [1.82, 2.24) is 4.31 Å². The van der Waals surface area contributed by atoms with Crippen molar-refractivity contribution >= 4 is 27.6 Å². The molecule has 3 rings (SSSR count). The normalized spacial score (nSPS) is 21.9. The number of rotatable bonds is 3. The van der Waals surface area contributed by atoms with E-state index < -0.39 is 21.9 Å². The second-order valence-electron chi connectivity index (χ2n) is 5.54. The first-order valence-corrected chi connectivity index (χ1v) is 8.61. The van der Waals surface area contributed by atoms with Gasteiger partial charge in [0.1, 0.15) is 5.75 Å². The first-order chi connectivity index (χ1) is 10.9. The van der Waals surface area contributed by atoms with Crippen molar-refractivity contribution in [2.45, 2.75) is 17.7 Å². The first kappa shape index (κ1) is 15.8. The zero-order valence-corrected chi connectivity index (χ0v) is 13.0. The van der Waals surface area contributed by atoms with E-state index >= 15 is 0 Å². The van der Waals surface area contributed by atoms with Crippen LogP contribution in [0.5, 0.6) is 5.75 Å². The molecule has 124 valence electrons. The summed E-state index contributed by atoms with van der Waals surface area (Å²) in [7, 11) is -3.82. The largest absolute Gasteiger partial charge is 0.482 e. The van der Waals surface area contributed by atoms with Crippen molar-refractivity contribution in [1.29, 1.82) is 0 Å². The number of hydrogen-bond acceptors (Lipinski definition) is 5. The minimum Gasteiger partial charge on any atom is -0.482 e. The van der Waals surface area contributed by atoms with Gasteiger partial charge in [-0.1, -0.05) is 0 Å². The lowest BCUT2D eigenvalue weighted by Crippen LogP contribution is -2.42. The number of hydrogen-bond donors (Lipinski definition) is 2. The Morgan fingerprint density at radius 1 is 1.39 bits per heavy atom.